The van der Waals surface area contributed by atoms with Crippen LogP contribution >= 0.6 is 0 Å². The van der Waals surface area contributed by atoms with Crippen LogP contribution in [0.25, 0.3) is 0 Å². The van der Waals surface area contributed by atoms with Crippen LogP contribution < -0.4 is 10.6 Å². The quantitative estimate of drug-likeness (QED) is 0.553. The summed E-state index contributed by atoms with van der Waals surface area (Å²) >= 11 is 0. The van der Waals surface area contributed by atoms with Gasteiger partial charge in [0.25, 0.3) is 0 Å². The highest BCUT2D eigenvalue weighted by Crippen LogP contribution is 1.81. The van der Waals surface area contributed by atoms with Gasteiger partial charge in [0, 0.05) is 19.7 Å². The molecule has 0 saturated carbocycles. The molecule has 3 nitrogen and oxygen atoms in total. The first-order valence-electron chi connectivity index (χ1n) is 3.34. The first-order valence-corrected chi connectivity index (χ1v) is 3.34. The molecule has 2 N–H and O–H groups in total. The SMILES string of the molecule is CCNC(=CC(C)=O)NC. The molecule has 0 aromatic carbocycles. The lowest BCUT2D eigenvalue weighted by molar-refractivity contribution is -0.112. The normalized spacial score (nSPS) is 10.9. The Bertz CT molecular complexity index is 141. The zero-order valence-corrected chi connectivity index (χ0v) is 6.69. The van der Waals surface area contributed by atoms with Crippen LogP contribution in [0.5, 0.6) is 0 Å². The van der Waals surface area contributed by atoms with Gasteiger partial charge in [-0.15, -0.1) is 0 Å². The topological polar surface area (TPSA) is 41.1 Å². The van der Waals surface area contributed by atoms with Crippen molar-refractivity contribution in [2.45, 2.75) is 13.8 Å². The Labute approximate surface area is 61.5 Å². The maximum atomic E-state index is 10.5. The fourth-order valence-corrected chi connectivity index (χ4v) is 0.605. The number of hydrogen-bond donors (Lipinski definition) is 2. The number of allylic oxidation sites excluding steroid dienone is 1. The van der Waals surface area contributed by atoms with Gasteiger partial charge in [0.2, 0.25) is 0 Å². The molecule has 0 radical (unpaired) electrons. The molecule has 0 spiro atoms. The predicted molar refractivity (Wildman–Crippen MR) is 41.5 cm³/mol. The molecule has 0 rings (SSSR count). The van der Waals surface area contributed by atoms with Gasteiger partial charge >= 0.3 is 0 Å². The highest BCUT2D eigenvalue weighted by molar-refractivity contribution is 5.87. The Kier molecular flexibility index (Phi) is 4.37. The van der Waals surface area contributed by atoms with Crippen LogP contribution in [0.2, 0.25) is 0 Å². The Morgan fingerprint density at radius 3 is 2.50 bits per heavy atom. The first kappa shape index (κ1) is 9.01. The molecule has 0 aromatic rings. The van der Waals surface area contributed by atoms with Crippen molar-refractivity contribution in [3.8, 4) is 0 Å². The van der Waals surface area contributed by atoms with Gasteiger partial charge in [0.1, 0.15) is 5.82 Å². The van der Waals surface area contributed by atoms with Gasteiger partial charge in [-0.2, -0.15) is 0 Å². The summed E-state index contributed by atoms with van der Waals surface area (Å²) in [6.07, 6.45) is 1.53. The first-order chi connectivity index (χ1) is 4.70. The van der Waals surface area contributed by atoms with Crippen LogP contribution in [0.3, 0.4) is 0 Å². The molecule has 0 fully saturated rings. The van der Waals surface area contributed by atoms with Crippen molar-refractivity contribution in [1.29, 1.82) is 0 Å². The van der Waals surface area contributed by atoms with Crippen molar-refractivity contribution in [2.75, 3.05) is 13.6 Å². The predicted octanol–water partition coefficient (Wildman–Crippen LogP) is 0.246. The maximum Gasteiger partial charge on any atom is 0.156 e. The van der Waals surface area contributed by atoms with Gasteiger partial charge in [0.05, 0.1) is 0 Å². The maximum absolute atomic E-state index is 10.5. The third-order valence-corrected chi connectivity index (χ3v) is 0.984. The molecule has 0 aliphatic heterocycles. The summed E-state index contributed by atoms with van der Waals surface area (Å²) in [7, 11) is 1.78. The lowest BCUT2D eigenvalue weighted by atomic mass is 10.4. The molecule has 0 saturated heterocycles. The molecular weight excluding hydrogens is 128 g/mol. The Morgan fingerprint density at radius 2 is 2.20 bits per heavy atom. The molecule has 0 aliphatic carbocycles. The average Bonchev–Trinajstić information content (AvgIpc) is 1.86. The Balaban J connectivity index is 3.91. The molecule has 0 amide bonds. The van der Waals surface area contributed by atoms with Crippen molar-refractivity contribution in [3.05, 3.63) is 11.9 Å². The molecular formula is C7H14N2O. The fraction of sp³-hybridized carbons (Fsp3) is 0.571. The van der Waals surface area contributed by atoms with Crippen LogP contribution in [0.1, 0.15) is 13.8 Å². The third kappa shape index (κ3) is 3.95. The van der Waals surface area contributed by atoms with Crippen molar-refractivity contribution >= 4 is 5.78 Å². The van der Waals surface area contributed by atoms with E-state index in [4.69, 9.17) is 0 Å². The Hall–Kier alpha value is -0.990. The molecule has 0 atom stereocenters. The van der Waals surface area contributed by atoms with Gasteiger partial charge in [-0.1, -0.05) is 0 Å². The summed E-state index contributed by atoms with van der Waals surface area (Å²) in [6.45, 7) is 4.32. The van der Waals surface area contributed by atoms with Crippen LogP contribution in [0, 0.1) is 0 Å². The number of carbonyl (C=O) groups is 1. The van der Waals surface area contributed by atoms with Gasteiger partial charge < -0.3 is 10.6 Å². The van der Waals surface area contributed by atoms with E-state index in [1.54, 1.807) is 7.05 Å². The zero-order chi connectivity index (χ0) is 7.98. The van der Waals surface area contributed by atoms with E-state index in [0.717, 1.165) is 12.4 Å². The van der Waals surface area contributed by atoms with E-state index in [-0.39, 0.29) is 5.78 Å². The summed E-state index contributed by atoms with van der Waals surface area (Å²) < 4.78 is 0. The van der Waals surface area contributed by atoms with Crippen LogP contribution in [0.4, 0.5) is 0 Å². The monoisotopic (exact) mass is 142 g/mol. The summed E-state index contributed by atoms with van der Waals surface area (Å²) in [5.41, 5.74) is 0. The van der Waals surface area contributed by atoms with Gasteiger partial charge in [0.15, 0.2) is 5.78 Å². The fourth-order valence-electron chi connectivity index (χ4n) is 0.605. The highest BCUT2D eigenvalue weighted by atomic mass is 16.1. The van der Waals surface area contributed by atoms with E-state index < -0.39 is 0 Å². The van der Waals surface area contributed by atoms with E-state index in [2.05, 4.69) is 10.6 Å². The van der Waals surface area contributed by atoms with Crippen LogP contribution in [-0.4, -0.2) is 19.4 Å². The minimum Gasteiger partial charge on any atom is -0.375 e. The number of hydrogen-bond acceptors (Lipinski definition) is 3. The van der Waals surface area contributed by atoms with Crippen LogP contribution in [-0.2, 0) is 4.79 Å². The summed E-state index contributed by atoms with van der Waals surface area (Å²) in [5.74, 6) is 0.820. The number of carbonyl (C=O) groups excluding carboxylic acids is 1. The second kappa shape index (κ2) is 4.85. The number of rotatable bonds is 4. The minimum atomic E-state index is 0.0466. The van der Waals surface area contributed by atoms with E-state index in [0.29, 0.717) is 0 Å². The van der Waals surface area contributed by atoms with Crippen LogP contribution in [0.15, 0.2) is 11.9 Å². The molecule has 0 heterocycles. The second-order valence-electron chi connectivity index (χ2n) is 1.95. The van der Waals surface area contributed by atoms with Crippen molar-refractivity contribution in [1.82, 2.24) is 10.6 Å². The molecule has 0 unspecified atom stereocenters. The van der Waals surface area contributed by atoms with E-state index in [1.807, 2.05) is 6.92 Å². The number of ketones is 1. The summed E-state index contributed by atoms with van der Waals surface area (Å²) in [6, 6.07) is 0. The molecule has 10 heavy (non-hydrogen) atoms. The third-order valence-electron chi connectivity index (χ3n) is 0.984. The van der Waals surface area contributed by atoms with E-state index in [1.165, 1.54) is 13.0 Å². The van der Waals surface area contributed by atoms with Crippen molar-refractivity contribution < 1.29 is 4.79 Å². The summed E-state index contributed by atoms with van der Waals surface area (Å²) in [5, 5.41) is 5.86. The smallest absolute Gasteiger partial charge is 0.156 e. The highest BCUT2D eigenvalue weighted by Gasteiger charge is 1.90. The van der Waals surface area contributed by atoms with E-state index in [9.17, 15) is 4.79 Å². The lowest BCUT2D eigenvalue weighted by Crippen LogP contribution is -2.23. The zero-order valence-electron chi connectivity index (χ0n) is 6.69. The molecule has 0 aromatic heterocycles. The summed E-state index contributed by atoms with van der Waals surface area (Å²) in [4.78, 5) is 10.5. The molecule has 3 heteroatoms. The minimum absolute atomic E-state index is 0.0466. The van der Waals surface area contributed by atoms with Gasteiger partial charge in [-0.25, -0.2) is 0 Å². The number of nitrogens with one attached hydrogen (secondary N) is 2. The molecule has 58 valence electrons. The Morgan fingerprint density at radius 1 is 1.60 bits per heavy atom. The lowest BCUT2D eigenvalue weighted by Gasteiger charge is -2.05. The standard InChI is InChI=1S/C7H14N2O/c1-4-9-7(8-3)5-6(2)10/h5,8-9H,4H2,1-3H3. The van der Waals surface area contributed by atoms with Crippen molar-refractivity contribution in [3.63, 3.8) is 0 Å². The van der Waals surface area contributed by atoms with Crippen molar-refractivity contribution in [2.24, 2.45) is 0 Å². The average molecular weight is 142 g/mol. The largest absolute Gasteiger partial charge is 0.375 e. The van der Waals surface area contributed by atoms with E-state index >= 15 is 0 Å². The molecule has 0 bridgehead atoms. The van der Waals surface area contributed by atoms with Gasteiger partial charge in [-0.05, 0) is 13.8 Å². The van der Waals surface area contributed by atoms with Gasteiger partial charge in [-0.3, -0.25) is 4.79 Å². The second-order valence-corrected chi connectivity index (χ2v) is 1.95. The molecule has 0 aliphatic rings.